The number of likely N-dealkylation sites (tertiary alicyclic amines) is 1. The predicted molar refractivity (Wildman–Crippen MR) is 70.8 cm³/mol. The highest BCUT2D eigenvalue weighted by Gasteiger charge is 2.26. The number of rotatable bonds is 5. The number of aryl methyl sites for hydroxylation is 1. The molecule has 0 radical (unpaired) electrons. The smallest absolute Gasteiger partial charge is 0.324 e. The Hall–Kier alpha value is -1.63. The second kappa shape index (κ2) is 6.51. The number of aromatic nitrogens is 3. The fourth-order valence-electron chi connectivity index (χ4n) is 2.12. The fourth-order valence-corrected chi connectivity index (χ4v) is 2.12. The van der Waals surface area contributed by atoms with Gasteiger partial charge in [0.1, 0.15) is 6.33 Å². The van der Waals surface area contributed by atoms with Gasteiger partial charge in [0.25, 0.3) is 0 Å². The van der Waals surface area contributed by atoms with E-state index in [1.807, 2.05) is 0 Å². The van der Waals surface area contributed by atoms with E-state index < -0.39 is 0 Å². The first kappa shape index (κ1) is 13.8. The lowest BCUT2D eigenvalue weighted by molar-refractivity contribution is 0.103. The molecule has 1 atom stereocenters. The number of urea groups is 1. The Morgan fingerprint density at radius 1 is 1.63 bits per heavy atom. The zero-order chi connectivity index (χ0) is 13.7. The summed E-state index contributed by atoms with van der Waals surface area (Å²) < 4.78 is 7.09. The van der Waals surface area contributed by atoms with Gasteiger partial charge >= 0.3 is 6.03 Å². The number of nitrogens with one attached hydrogen (secondary N) is 1. The van der Waals surface area contributed by atoms with E-state index >= 15 is 0 Å². The maximum Gasteiger partial charge on any atom is 0.324 e. The molecule has 2 amide bonds. The highest BCUT2D eigenvalue weighted by Crippen LogP contribution is 2.17. The molecule has 2 rings (SSSR count). The van der Waals surface area contributed by atoms with Crippen LogP contribution in [0.3, 0.4) is 0 Å². The Bertz CT molecular complexity index is 420. The van der Waals surface area contributed by atoms with Crippen molar-refractivity contribution in [3.05, 3.63) is 6.33 Å². The lowest BCUT2D eigenvalue weighted by Crippen LogP contribution is -2.33. The first-order valence-electron chi connectivity index (χ1n) is 6.68. The highest BCUT2D eigenvalue weighted by atomic mass is 16.5. The summed E-state index contributed by atoms with van der Waals surface area (Å²) in [6.45, 7) is 5.12. The summed E-state index contributed by atoms with van der Waals surface area (Å²) >= 11 is 0. The number of amides is 2. The second-order valence-electron chi connectivity index (χ2n) is 4.85. The minimum Gasteiger partial charge on any atom is -0.381 e. The van der Waals surface area contributed by atoms with Crippen LogP contribution in [0.15, 0.2) is 6.33 Å². The van der Waals surface area contributed by atoms with E-state index in [-0.39, 0.29) is 6.03 Å². The van der Waals surface area contributed by atoms with Crippen LogP contribution in [-0.4, -0.2) is 52.0 Å². The van der Waals surface area contributed by atoms with E-state index in [0.29, 0.717) is 11.9 Å². The summed E-state index contributed by atoms with van der Waals surface area (Å²) in [5.74, 6) is 0.784. The molecule has 1 aliphatic rings. The van der Waals surface area contributed by atoms with Crippen molar-refractivity contribution in [2.75, 3.05) is 31.6 Å². The molecule has 1 aromatic rings. The van der Waals surface area contributed by atoms with Crippen molar-refractivity contribution in [1.29, 1.82) is 0 Å². The quantitative estimate of drug-likeness (QED) is 0.811. The molecular formula is C12H21N5O2. The van der Waals surface area contributed by atoms with Crippen molar-refractivity contribution >= 4 is 12.0 Å². The van der Waals surface area contributed by atoms with Gasteiger partial charge in [0.2, 0.25) is 5.95 Å². The molecule has 2 heterocycles. The van der Waals surface area contributed by atoms with E-state index in [9.17, 15) is 4.79 Å². The molecular weight excluding hydrogens is 246 g/mol. The average molecular weight is 267 g/mol. The third-order valence-electron chi connectivity index (χ3n) is 3.09. The van der Waals surface area contributed by atoms with Gasteiger partial charge in [-0.05, 0) is 12.8 Å². The maximum absolute atomic E-state index is 12.0. The first-order chi connectivity index (χ1) is 9.19. The Morgan fingerprint density at radius 3 is 3.16 bits per heavy atom. The predicted octanol–water partition coefficient (Wildman–Crippen LogP) is 1.10. The molecule has 0 unspecified atom stereocenters. The normalized spacial score (nSPS) is 18.8. The third-order valence-corrected chi connectivity index (χ3v) is 3.09. The minimum absolute atomic E-state index is 0.135. The van der Waals surface area contributed by atoms with Crippen molar-refractivity contribution in [2.45, 2.75) is 19.8 Å². The second-order valence-corrected chi connectivity index (χ2v) is 4.85. The first-order valence-corrected chi connectivity index (χ1v) is 6.68. The third kappa shape index (κ3) is 3.92. The Labute approximate surface area is 112 Å². The van der Waals surface area contributed by atoms with Gasteiger partial charge < -0.3 is 9.64 Å². The van der Waals surface area contributed by atoms with Crippen LogP contribution in [0.4, 0.5) is 10.7 Å². The van der Waals surface area contributed by atoms with Crippen LogP contribution in [-0.2, 0) is 11.8 Å². The van der Waals surface area contributed by atoms with Crippen LogP contribution >= 0.6 is 0 Å². The molecule has 0 saturated carbocycles. The van der Waals surface area contributed by atoms with Gasteiger partial charge in [-0.25, -0.2) is 9.78 Å². The molecule has 1 saturated heterocycles. The number of hydrogen-bond acceptors (Lipinski definition) is 4. The summed E-state index contributed by atoms with van der Waals surface area (Å²) in [6.07, 6.45) is 3.58. The Morgan fingerprint density at radius 2 is 2.47 bits per heavy atom. The zero-order valence-electron chi connectivity index (χ0n) is 11.5. The van der Waals surface area contributed by atoms with Crippen LogP contribution in [0.1, 0.15) is 19.8 Å². The summed E-state index contributed by atoms with van der Waals surface area (Å²) in [6, 6.07) is -0.135. The summed E-state index contributed by atoms with van der Waals surface area (Å²) in [5.41, 5.74) is 0. The van der Waals surface area contributed by atoms with E-state index in [1.165, 1.54) is 0 Å². The lowest BCUT2D eigenvalue weighted by atomic mass is 10.1. The topological polar surface area (TPSA) is 72.3 Å². The minimum atomic E-state index is -0.135. The van der Waals surface area contributed by atoms with E-state index in [0.717, 1.165) is 39.1 Å². The average Bonchev–Trinajstić information content (AvgIpc) is 2.99. The molecule has 106 valence electrons. The van der Waals surface area contributed by atoms with Gasteiger partial charge in [-0.2, -0.15) is 0 Å². The van der Waals surface area contributed by atoms with Crippen LogP contribution < -0.4 is 5.32 Å². The van der Waals surface area contributed by atoms with Gasteiger partial charge in [0.15, 0.2) is 0 Å². The van der Waals surface area contributed by atoms with Crippen LogP contribution in [0.5, 0.6) is 0 Å². The van der Waals surface area contributed by atoms with Gasteiger partial charge in [-0.15, -0.1) is 5.10 Å². The molecule has 1 N–H and O–H groups in total. The number of anilines is 1. The van der Waals surface area contributed by atoms with Crippen molar-refractivity contribution in [3.63, 3.8) is 0 Å². The van der Waals surface area contributed by atoms with Gasteiger partial charge in [-0.3, -0.25) is 10.00 Å². The molecule has 0 spiro atoms. The molecule has 1 fully saturated rings. The van der Waals surface area contributed by atoms with Crippen molar-refractivity contribution in [1.82, 2.24) is 19.7 Å². The van der Waals surface area contributed by atoms with Crippen LogP contribution in [0, 0.1) is 5.92 Å². The molecule has 19 heavy (non-hydrogen) atoms. The Kier molecular flexibility index (Phi) is 4.73. The molecule has 0 bridgehead atoms. The Balaban J connectivity index is 1.75. The largest absolute Gasteiger partial charge is 0.381 e. The number of nitrogens with zero attached hydrogens (tertiary/aromatic N) is 4. The zero-order valence-corrected chi connectivity index (χ0v) is 11.5. The molecule has 1 aromatic heterocycles. The summed E-state index contributed by atoms with van der Waals surface area (Å²) in [5, 5.41) is 6.72. The summed E-state index contributed by atoms with van der Waals surface area (Å²) in [4.78, 5) is 17.7. The SMILES string of the molecule is CCCOC[C@@H]1CCN(C(=O)Nc2ncn(C)n2)C1. The number of carbonyl (C=O) groups is 1. The number of ether oxygens (including phenoxy) is 1. The molecule has 0 aromatic carbocycles. The monoisotopic (exact) mass is 267 g/mol. The number of carbonyl (C=O) groups excluding carboxylic acids is 1. The lowest BCUT2D eigenvalue weighted by Gasteiger charge is -2.16. The van der Waals surface area contributed by atoms with Crippen molar-refractivity contribution < 1.29 is 9.53 Å². The molecule has 7 nitrogen and oxygen atoms in total. The van der Waals surface area contributed by atoms with Gasteiger partial charge in [0, 0.05) is 32.7 Å². The maximum atomic E-state index is 12.0. The summed E-state index contributed by atoms with van der Waals surface area (Å²) in [7, 11) is 1.76. The van der Waals surface area contributed by atoms with Crippen molar-refractivity contribution in [2.24, 2.45) is 13.0 Å². The molecule has 1 aliphatic heterocycles. The fraction of sp³-hybridized carbons (Fsp3) is 0.750. The van der Waals surface area contributed by atoms with Crippen molar-refractivity contribution in [3.8, 4) is 0 Å². The highest BCUT2D eigenvalue weighted by molar-refractivity contribution is 5.87. The van der Waals surface area contributed by atoms with Gasteiger partial charge in [-0.1, -0.05) is 6.92 Å². The molecule has 0 aliphatic carbocycles. The number of hydrogen-bond donors (Lipinski definition) is 1. The molecule has 7 heteroatoms. The van der Waals surface area contributed by atoms with Gasteiger partial charge in [0.05, 0.1) is 6.61 Å². The van der Waals surface area contributed by atoms with Crippen LogP contribution in [0.25, 0.3) is 0 Å². The van der Waals surface area contributed by atoms with Crippen LogP contribution in [0.2, 0.25) is 0 Å². The van der Waals surface area contributed by atoms with E-state index in [1.54, 1.807) is 23.0 Å². The standard InChI is InChI=1S/C12H21N5O2/c1-3-6-19-8-10-4-5-17(7-10)12(18)14-11-13-9-16(2)15-11/h9-10H,3-8H2,1-2H3,(H,14,15,18)/t10-/m1/s1. The van der Waals surface area contributed by atoms with E-state index in [2.05, 4.69) is 22.3 Å². The van der Waals surface area contributed by atoms with E-state index in [4.69, 9.17) is 4.74 Å².